The van der Waals surface area contributed by atoms with Gasteiger partial charge in [0.2, 0.25) is 10.0 Å². The van der Waals surface area contributed by atoms with Crippen molar-refractivity contribution in [2.45, 2.75) is 11.4 Å². The molecule has 0 spiro atoms. The molecule has 1 aromatic carbocycles. The first-order valence-electron chi connectivity index (χ1n) is 4.77. The molecule has 0 amide bonds. The van der Waals surface area contributed by atoms with Crippen molar-refractivity contribution in [3.63, 3.8) is 0 Å². The zero-order valence-electron chi connectivity index (χ0n) is 9.03. The van der Waals surface area contributed by atoms with Gasteiger partial charge in [-0.25, -0.2) is 8.42 Å². The molecule has 0 atom stereocenters. The summed E-state index contributed by atoms with van der Waals surface area (Å²) < 4.78 is 25.6. The Morgan fingerprint density at radius 3 is 2.44 bits per heavy atom. The Bertz CT molecular complexity index is 472. The van der Waals surface area contributed by atoms with Crippen molar-refractivity contribution in [1.29, 1.82) is 0 Å². The van der Waals surface area contributed by atoms with Gasteiger partial charge in [0.1, 0.15) is 0 Å². The fourth-order valence-electron chi connectivity index (χ4n) is 1.21. The van der Waals surface area contributed by atoms with E-state index in [9.17, 15) is 8.42 Å². The fraction of sp³-hybridized carbons (Fsp3) is 0.273. The van der Waals surface area contributed by atoms with Gasteiger partial charge >= 0.3 is 0 Å². The van der Waals surface area contributed by atoms with Crippen molar-refractivity contribution in [3.8, 4) is 12.3 Å². The molecule has 16 heavy (non-hydrogen) atoms. The maximum atomic E-state index is 11.6. The molecule has 5 heteroatoms. The molecule has 0 aliphatic rings. The summed E-state index contributed by atoms with van der Waals surface area (Å²) in [6.07, 6.45) is 4.99. The molecule has 0 aliphatic heterocycles. The van der Waals surface area contributed by atoms with Crippen molar-refractivity contribution in [2.75, 3.05) is 13.6 Å². The van der Waals surface area contributed by atoms with Crippen molar-refractivity contribution in [1.82, 2.24) is 10.0 Å². The van der Waals surface area contributed by atoms with Crippen LogP contribution in [0.5, 0.6) is 0 Å². The van der Waals surface area contributed by atoms with Crippen LogP contribution in [-0.4, -0.2) is 22.0 Å². The largest absolute Gasteiger partial charge is 0.316 e. The van der Waals surface area contributed by atoms with E-state index in [-0.39, 0.29) is 11.4 Å². The van der Waals surface area contributed by atoms with Crippen LogP contribution in [0.2, 0.25) is 0 Å². The Balaban J connectivity index is 2.85. The van der Waals surface area contributed by atoms with Crippen LogP contribution in [0.25, 0.3) is 0 Å². The third-order valence-corrected chi connectivity index (χ3v) is 3.40. The summed E-state index contributed by atoms with van der Waals surface area (Å²) in [4.78, 5) is 0.225. The van der Waals surface area contributed by atoms with Crippen molar-refractivity contribution in [3.05, 3.63) is 29.8 Å². The number of benzene rings is 1. The van der Waals surface area contributed by atoms with E-state index in [0.29, 0.717) is 6.54 Å². The van der Waals surface area contributed by atoms with Gasteiger partial charge in [0, 0.05) is 6.54 Å². The molecule has 1 aromatic rings. The molecule has 0 fully saturated rings. The van der Waals surface area contributed by atoms with Gasteiger partial charge in [0.15, 0.2) is 0 Å². The van der Waals surface area contributed by atoms with Gasteiger partial charge in [-0.3, -0.25) is 0 Å². The fourth-order valence-corrected chi connectivity index (χ4v) is 2.14. The van der Waals surface area contributed by atoms with Crippen molar-refractivity contribution < 1.29 is 8.42 Å². The zero-order valence-corrected chi connectivity index (χ0v) is 9.84. The van der Waals surface area contributed by atoms with Crippen LogP contribution in [0.3, 0.4) is 0 Å². The molecule has 2 N–H and O–H groups in total. The van der Waals surface area contributed by atoms with Crippen LogP contribution < -0.4 is 10.0 Å². The molecule has 86 valence electrons. The van der Waals surface area contributed by atoms with E-state index in [1.165, 1.54) is 0 Å². The summed E-state index contributed by atoms with van der Waals surface area (Å²) in [5.41, 5.74) is 1.03. The van der Waals surface area contributed by atoms with Gasteiger partial charge in [0.25, 0.3) is 0 Å². The molecule has 0 aliphatic carbocycles. The lowest BCUT2D eigenvalue weighted by Crippen LogP contribution is -2.23. The minimum absolute atomic E-state index is 0.000596. The van der Waals surface area contributed by atoms with E-state index in [2.05, 4.69) is 16.0 Å². The van der Waals surface area contributed by atoms with Crippen LogP contribution in [0.1, 0.15) is 5.56 Å². The lowest BCUT2D eigenvalue weighted by molar-refractivity contribution is 0.586. The molecule has 4 nitrogen and oxygen atoms in total. The Morgan fingerprint density at radius 2 is 1.94 bits per heavy atom. The lowest BCUT2D eigenvalue weighted by atomic mass is 10.2. The SMILES string of the molecule is C#CCNS(=O)(=O)c1ccc(CNC)cc1. The van der Waals surface area contributed by atoms with Crippen LogP contribution in [-0.2, 0) is 16.6 Å². The lowest BCUT2D eigenvalue weighted by Gasteiger charge is -2.05. The van der Waals surface area contributed by atoms with Crippen molar-refractivity contribution in [2.24, 2.45) is 0 Å². The highest BCUT2D eigenvalue weighted by atomic mass is 32.2. The second-order valence-corrected chi connectivity index (χ2v) is 4.97. The summed E-state index contributed by atoms with van der Waals surface area (Å²) in [5, 5.41) is 2.98. The van der Waals surface area contributed by atoms with Gasteiger partial charge in [-0.1, -0.05) is 18.1 Å². The molecular formula is C11H14N2O2S. The van der Waals surface area contributed by atoms with E-state index in [4.69, 9.17) is 6.42 Å². The molecule has 0 heterocycles. The predicted molar refractivity (Wildman–Crippen MR) is 63.2 cm³/mol. The van der Waals surface area contributed by atoms with Gasteiger partial charge in [-0.2, -0.15) is 4.72 Å². The Morgan fingerprint density at radius 1 is 1.31 bits per heavy atom. The van der Waals surface area contributed by atoms with E-state index >= 15 is 0 Å². The molecule has 0 bridgehead atoms. The Labute approximate surface area is 96.1 Å². The third kappa shape index (κ3) is 3.35. The topological polar surface area (TPSA) is 58.2 Å². The quantitative estimate of drug-likeness (QED) is 0.726. The minimum Gasteiger partial charge on any atom is -0.316 e. The summed E-state index contributed by atoms with van der Waals surface area (Å²) >= 11 is 0. The zero-order chi connectivity index (χ0) is 12.0. The van der Waals surface area contributed by atoms with Gasteiger partial charge < -0.3 is 5.32 Å². The van der Waals surface area contributed by atoms with E-state index in [1.807, 2.05) is 7.05 Å². The average molecular weight is 238 g/mol. The molecule has 0 aromatic heterocycles. The normalized spacial score (nSPS) is 11.0. The van der Waals surface area contributed by atoms with Crippen LogP contribution in [0, 0.1) is 12.3 Å². The number of nitrogens with one attached hydrogen (secondary N) is 2. The molecule has 0 saturated heterocycles. The first-order chi connectivity index (χ1) is 7.60. The van der Waals surface area contributed by atoms with Gasteiger partial charge in [0.05, 0.1) is 11.4 Å². The van der Waals surface area contributed by atoms with Crippen LogP contribution in [0.4, 0.5) is 0 Å². The number of rotatable bonds is 5. The van der Waals surface area contributed by atoms with E-state index in [1.54, 1.807) is 24.3 Å². The van der Waals surface area contributed by atoms with Crippen LogP contribution in [0.15, 0.2) is 29.2 Å². The molecule has 1 rings (SSSR count). The summed E-state index contributed by atoms with van der Waals surface area (Å²) in [7, 11) is -1.63. The van der Waals surface area contributed by atoms with Crippen LogP contribution >= 0.6 is 0 Å². The van der Waals surface area contributed by atoms with Gasteiger partial charge in [-0.05, 0) is 24.7 Å². The summed E-state index contributed by atoms with van der Waals surface area (Å²) in [6.45, 7) is 0.707. The monoisotopic (exact) mass is 238 g/mol. The highest BCUT2D eigenvalue weighted by Gasteiger charge is 2.11. The maximum Gasteiger partial charge on any atom is 0.241 e. The number of sulfonamides is 1. The molecule has 0 saturated carbocycles. The second kappa shape index (κ2) is 5.66. The number of hydrogen-bond donors (Lipinski definition) is 2. The third-order valence-electron chi connectivity index (χ3n) is 1.98. The number of hydrogen-bond acceptors (Lipinski definition) is 3. The molecular weight excluding hydrogens is 224 g/mol. The summed E-state index contributed by atoms with van der Waals surface area (Å²) in [6, 6.07) is 6.65. The van der Waals surface area contributed by atoms with E-state index in [0.717, 1.165) is 5.56 Å². The first kappa shape index (κ1) is 12.7. The summed E-state index contributed by atoms with van der Waals surface area (Å²) in [5.74, 6) is 2.22. The standard InChI is InChI=1S/C11H14N2O2S/c1-3-8-13-16(14,15)11-6-4-10(5-7-11)9-12-2/h1,4-7,12-13H,8-9H2,2H3. The van der Waals surface area contributed by atoms with E-state index < -0.39 is 10.0 Å². The van der Waals surface area contributed by atoms with Crippen molar-refractivity contribution >= 4 is 10.0 Å². The maximum absolute atomic E-state index is 11.6. The average Bonchev–Trinajstić information content (AvgIpc) is 2.28. The van der Waals surface area contributed by atoms with Gasteiger partial charge in [-0.15, -0.1) is 6.42 Å². The Kier molecular flexibility index (Phi) is 4.50. The minimum atomic E-state index is -3.47. The Hall–Kier alpha value is -1.35. The molecule has 0 radical (unpaired) electrons. The molecule has 0 unspecified atom stereocenters. The number of terminal acetylenes is 1. The predicted octanol–water partition coefficient (Wildman–Crippen LogP) is 0.317. The smallest absolute Gasteiger partial charge is 0.241 e. The second-order valence-electron chi connectivity index (χ2n) is 3.20. The highest BCUT2D eigenvalue weighted by molar-refractivity contribution is 7.89. The highest BCUT2D eigenvalue weighted by Crippen LogP contribution is 2.09. The first-order valence-corrected chi connectivity index (χ1v) is 6.25.